The van der Waals surface area contributed by atoms with Crippen LogP contribution in [-0.4, -0.2) is 116 Å². The molecule has 312 valence electrons. The zero-order chi connectivity index (χ0) is 40.3. The average molecular weight is 779 g/mol. The summed E-state index contributed by atoms with van der Waals surface area (Å²) in [6.07, 6.45) is -2.76. The van der Waals surface area contributed by atoms with Gasteiger partial charge in [-0.1, -0.05) is 60.1 Å². The van der Waals surface area contributed by atoms with Crippen molar-refractivity contribution in [1.29, 1.82) is 0 Å². The average Bonchev–Trinajstić information content (AvgIpc) is 3.10. The molecule has 4 saturated carbocycles. The quantitative estimate of drug-likeness (QED) is 0.144. The number of ether oxygens (including phenoxy) is 4. The predicted octanol–water partition coefficient (Wildman–Crippen LogP) is 4.00. The zero-order valence-electron chi connectivity index (χ0n) is 33.6. The van der Waals surface area contributed by atoms with E-state index in [1.807, 2.05) is 0 Å². The molecule has 0 aromatic rings. The second-order valence-corrected chi connectivity index (χ2v) is 20.6. The maximum absolute atomic E-state index is 13.1. The van der Waals surface area contributed by atoms with Crippen molar-refractivity contribution in [1.82, 2.24) is 0 Å². The molecule has 2 aliphatic heterocycles. The minimum Gasteiger partial charge on any atom is -0.481 e. The second-order valence-electron chi connectivity index (χ2n) is 20.6. The van der Waals surface area contributed by atoms with E-state index in [0.717, 1.165) is 51.4 Å². The predicted molar refractivity (Wildman–Crippen MR) is 197 cm³/mol. The van der Waals surface area contributed by atoms with Crippen molar-refractivity contribution in [2.75, 3.05) is 6.61 Å². The molecule has 7 rings (SSSR count). The fourth-order valence-corrected chi connectivity index (χ4v) is 13.6. The number of carboxylic acid groups (broad SMARTS) is 2. The van der Waals surface area contributed by atoms with Gasteiger partial charge in [0.1, 0.15) is 30.5 Å². The van der Waals surface area contributed by atoms with Crippen LogP contribution >= 0.6 is 0 Å². The molecular formula is C42H66O13. The standard InChI is InChI=1S/C42H66O13/c1-37(2)14-16-42(36(50)51)17-15-40(6)21(22(42)19-37)8-9-27-39(5)12-11-28(38(3,4)26(39)10-13-41(27,40)7)54-34-24(18-23(44)32(55-34)33(48)49)52-35-31(47)30(46)29(45)25(20-43)53-35/h8,22-32,34-35,43-47H,9-20H2,1-7H3,(H,48,49)(H,50,51)/t22-,23-,24+,25+,26-,27+,28-,29+,30-,31+,32-,34+,35+,39-,40+,41+,42-/m0/s1. The molecule has 0 radical (unpaired) electrons. The summed E-state index contributed by atoms with van der Waals surface area (Å²) in [6, 6.07) is 0. The van der Waals surface area contributed by atoms with Crippen LogP contribution in [0.5, 0.6) is 0 Å². The molecule has 7 N–H and O–H groups in total. The summed E-state index contributed by atoms with van der Waals surface area (Å²) in [5.74, 6) is -1.35. The van der Waals surface area contributed by atoms with Crippen molar-refractivity contribution in [3.05, 3.63) is 11.6 Å². The van der Waals surface area contributed by atoms with E-state index in [4.69, 9.17) is 18.9 Å². The van der Waals surface area contributed by atoms with E-state index in [1.165, 1.54) is 5.57 Å². The van der Waals surface area contributed by atoms with Gasteiger partial charge in [0, 0.05) is 6.42 Å². The van der Waals surface area contributed by atoms with Gasteiger partial charge in [-0.15, -0.1) is 0 Å². The Labute approximate surface area is 324 Å². The summed E-state index contributed by atoms with van der Waals surface area (Å²) in [7, 11) is 0. The maximum atomic E-state index is 13.1. The monoisotopic (exact) mass is 778 g/mol. The minimum absolute atomic E-state index is 0.0278. The Balaban J connectivity index is 1.14. The van der Waals surface area contributed by atoms with Crippen molar-refractivity contribution in [3.8, 4) is 0 Å². The molecule has 5 aliphatic carbocycles. The van der Waals surface area contributed by atoms with Gasteiger partial charge in [-0.3, -0.25) is 4.79 Å². The normalized spacial score (nSPS) is 51.7. The fourth-order valence-electron chi connectivity index (χ4n) is 13.6. The molecule has 0 bridgehead atoms. The molecule has 0 spiro atoms. The molecule has 6 fully saturated rings. The minimum atomic E-state index is -1.70. The zero-order valence-corrected chi connectivity index (χ0v) is 33.6. The van der Waals surface area contributed by atoms with E-state index in [0.29, 0.717) is 18.8 Å². The lowest BCUT2D eigenvalue weighted by atomic mass is 9.33. The third-order valence-corrected chi connectivity index (χ3v) is 17.1. The highest BCUT2D eigenvalue weighted by Crippen LogP contribution is 2.76. The van der Waals surface area contributed by atoms with Crippen LogP contribution in [-0.2, 0) is 28.5 Å². The molecule has 2 heterocycles. The van der Waals surface area contributed by atoms with Crippen LogP contribution < -0.4 is 0 Å². The SMILES string of the molecule is CC1(C)CC[C@]2(C(=O)O)CC[C@]3(C)C(=CC[C@@H]4[C@@]5(C)CC[C@H](O[C@@H]6O[C@H](C(=O)O)[C@@H](O)C[C@H]6O[C@@H]6O[C@H](CO)[C@@H](O)[C@H](O)[C@H]6O)C(C)(C)[C@@H]5CC[C@]43C)[C@@H]2C1. The lowest BCUT2D eigenvalue weighted by Crippen LogP contribution is -2.65. The van der Waals surface area contributed by atoms with Crippen molar-refractivity contribution in [2.24, 2.45) is 50.2 Å². The Hall–Kier alpha value is -1.68. The molecule has 13 heteroatoms. The van der Waals surface area contributed by atoms with Gasteiger partial charge in [-0.25, -0.2) is 4.79 Å². The van der Waals surface area contributed by atoms with Gasteiger partial charge in [0.15, 0.2) is 18.7 Å². The Morgan fingerprint density at radius 2 is 1.49 bits per heavy atom. The third kappa shape index (κ3) is 6.27. The molecular weight excluding hydrogens is 712 g/mol. The van der Waals surface area contributed by atoms with E-state index >= 15 is 0 Å². The van der Waals surface area contributed by atoms with Crippen molar-refractivity contribution < 1.29 is 64.3 Å². The van der Waals surface area contributed by atoms with Gasteiger partial charge >= 0.3 is 11.9 Å². The van der Waals surface area contributed by atoms with Crippen LogP contribution in [0.25, 0.3) is 0 Å². The molecule has 55 heavy (non-hydrogen) atoms. The van der Waals surface area contributed by atoms with Gasteiger partial charge in [-0.2, -0.15) is 0 Å². The molecule has 0 unspecified atom stereocenters. The van der Waals surface area contributed by atoms with E-state index in [1.54, 1.807) is 0 Å². The number of rotatable bonds is 7. The molecule has 0 aromatic heterocycles. The maximum Gasteiger partial charge on any atom is 0.335 e. The topological polar surface area (TPSA) is 213 Å². The number of hydrogen-bond acceptors (Lipinski definition) is 11. The lowest BCUT2D eigenvalue weighted by Gasteiger charge is -2.71. The number of carbonyl (C=O) groups is 2. The van der Waals surface area contributed by atoms with Crippen LogP contribution in [0.1, 0.15) is 119 Å². The van der Waals surface area contributed by atoms with Crippen LogP contribution in [0.4, 0.5) is 0 Å². The summed E-state index contributed by atoms with van der Waals surface area (Å²) in [4.78, 5) is 25.2. The van der Waals surface area contributed by atoms with Crippen molar-refractivity contribution in [3.63, 3.8) is 0 Å². The van der Waals surface area contributed by atoms with E-state index in [9.17, 15) is 45.3 Å². The van der Waals surface area contributed by atoms with E-state index in [2.05, 4.69) is 54.5 Å². The summed E-state index contributed by atoms with van der Waals surface area (Å²) in [5.41, 5.74) is 0.189. The highest BCUT2D eigenvalue weighted by atomic mass is 16.8. The van der Waals surface area contributed by atoms with Gasteiger partial charge in [0.05, 0.1) is 24.2 Å². The van der Waals surface area contributed by atoms with Gasteiger partial charge in [-0.05, 0) is 109 Å². The summed E-state index contributed by atoms with van der Waals surface area (Å²) >= 11 is 0. The summed E-state index contributed by atoms with van der Waals surface area (Å²) in [6.45, 7) is 15.7. The number of aliphatic hydroxyl groups is 5. The highest BCUT2D eigenvalue weighted by Gasteiger charge is 2.69. The molecule has 13 nitrogen and oxygen atoms in total. The number of hydrogen-bond donors (Lipinski definition) is 7. The molecule has 17 atom stereocenters. The summed E-state index contributed by atoms with van der Waals surface area (Å²) in [5, 5.41) is 72.5. The second kappa shape index (κ2) is 14.0. The van der Waals surface area contributed by atoms with Gasteiger partial charge < -0.3 is 54.7 Å². The first-order chi connectivity index (χ1) is 25.6. The Kier molecular flexibility index (Phi) is 10.5. The van der Waals surface area contributed by atoms with Crippen molar-refractivity contribution >= 4 is 11.9 Å². The molecule has 0 amide bonds. The van der Waals surface area contributed by atoms with Gasteiger partial charge in [0.2, 0.25) is 0 Å². The van der Waals surface area contributed by atoms with E-state index < -0.39 is 84.7 Å². The molecule has 0 aromatic carbocycles. The first-order valence-corrected chi connectivity index (χ1v) is 20.7. The van der Waals surface area contributed by atoms with Crippen molar-refractivity contribution in [2.45, 2.75) is 181 Å². The number of fused-ring (bicyclic) bond motifs is 7. The lowest BCUT2D eigenvalue weighted by molar-refractivity contribution is -0.359. The van der Waals surface area contributed by atoms with Gasteiger partial charge in [0.25, 0.3) is 0 Å². The first kappa shape index (κ1) is 41.5. The first-order valence-electron chi connectivity index (χ1n) is 20.7. The fraction of sp³-hybridized carbons (Fsp3) is 0.905. The highest BCUT2D eigenvalue weighted by molar-refractivity contribution is 5.76. The van der Waals surface area contributed by atoms with Crippen LogP contribution in [0.15, 0.2) is 11.6 Å². The third-order valence-electron chi connectivity index (χ3n) is 17.1. The largest absolute Gasteiger partial charge is 0.481 e. The van der Waals surface area contributed by atoms with Crippen LogP contribution in [0.2, 0.25) is 0 Å². The Morgan fingerprint density at radius 3 is 2.15 bits per heavy atom. The molecule has 7 aliphatic rings. The van der Waals surface area contributed by atoms with Crippen LogP contribution in [0.3, 0.4) is 0 Å². The Morgan fingerprint density at radius 1 is 0.800 bits per heavy atom. The summed E-state index contributed by atoms with van der Waals surface area (Å²) < 4.78 is 24.3. The smallest absolute Gasteiger partial charge is 0.335 e. The number of aliphatic carboxylic acids is 2. The number of aliphatic hydroxyl groups excluding tert-OH is 5. The number of allylic oxidation sites excluding steroid dienone is 2. The Bertz CT molecular complexity index is 1530. The number of carboxylic acids is 2. The van der Waals surface area contributed by atoms with E-state index in [-0.39, 0.29) is 46.0 Å². The van der Waals surface area contributed by atoms with Crippen LogP contribution in [0, 0.1) is 50.2 Å². The molecule has 2 saturated heterocycles.